The number of methoxy groups -OCH3 is 2. The van der Waals surface area contributed by atoms with Crippen molar-refractivity contribution >= 4 is 18.3 Å². The molecule has 2 heterocycles. The van der Waals surface area contributed by atoms with Crippen molar-refractivity contribution in [3.8, 4) is 11.5 Å². The number of rotatable bonds is 6. The summed E-state index contributed by atoms with van der Waals surface area (Å²) in [6, 6.07) is 4.09. The van der Waals surface area contributed by atoms with Crippen LogP contribution in [0.25, 0.3) is 0 Å². The van der Waals surface area contributed by atoms with Gasteiger partial charge >= 0.3 is 0 Å². The number of amides is 1. The summed E-state index contributed by atoms with van der Waals surface area (Å²) in [4.78, 5) is 14.5. The van der Waals surface area contributed by atoms with Crippen LogP contribution in [-0.2, 0) is 17.8 Å². The summed E-state index contributed by atoms with van der Waals surface area (Å²) < 4.78 is 10.8. The van der Waals surface area contributed by atoms with E-state index < -0.39 is 0 Å². The Hall–Kier alpha value is -1.50. The zero-order chi connectivity index (χ0) is 17.6. The van der Waals surface area contributed by atoms with Crippen LogP contribution in [0.2, 0.25) is 0 Å². The number of benzene rings is 1. The Balaban J connectivity index is 0.00000243. The van der Waals surface area contributed by atoms with Crippen LogP contribution in [0.3, 0.4) is 0 Å². The molecule has 0 bridgehead atoms. The van der Waals surface area contributed by atoms with Crippen molar-refractivity contribution in [1.82, 2.24) is 15.5 Å². The molecule has 146 valence electrons. The van der Waals surface area contributed by atoms with Gasteiger partial charge in [-0.2, -0.15) is 0 Å². The number of carbonyl (C=O) groups excluding carboxylic acids is 1. The van der Waals surface area contributed by atoms with E-state index in [1.54, 1.807) is 14.2 Å². The Bertz CT molecular complexity index is 606. The predicted octanol–water partition coefficient (Wildman–Crippen LogP) is 1.60. The van der Waals surface area contributed by atoms with Gasteiger partial charge in [0.1, 0.15) is 0 Å². The zero-order valence-corrected chi connectivity index (χ0v) is 16.5. The highest BCUT2D eigenvalue weighted by Crippen LogP contribution is 2.33. The largest absolute Gasteiger partial charge is 0.493 e. The van der Waals surface area contributed by atoms with Gasteiger partial charge < -0.3 is 20.1 Å². The second-order valence-electron chi connectivity index (χ2n) is 6.95. The quantitative estimate of drug-likeness (QED) is 0.781. The second kappa shape index (κ2) is 10.00. The molecular formula is C19H30ClN3O3. The van der Waals surface area contributed by atoms with E-state index in [2.05, 4.69) is 21.6 Å². The van der Waals surface area contributed by atoms with Crippen molar-refractivity contribution in [2.45, 2.75) is 25.8 Å². The number of carbonyl (C=O) groups is 1. The highest BCUT2D eigenvalue weighted by atomic mass is 35.5. The molecular weight excluding hydrogens is 354 g/mol. The lowest BCUT2D eigenvalue weighted by Gasteiger charge is -2.29. The lowest BCUT2D eigenvalue weighted by molar-refractivity contribution is -0.122. The molecule has 0 saturated carbocycles. The minimum absolute atomic E-state index is 0. The van der Waals surface area contributed by atoms with Crippen molar-refractivity contribution in [2.75, 3.05) is 46.9 Å². The molecule has 1 saturated heterocycles. The van der Waals surface area contributed by atoms with E-state index >= 15 is 0 Å². The lowest BCUT2D eigenvalue weighted by Crippen LogP contribution is -2.43. The normalized spacial score (nSPS) is 19.8. The summed E-state index contributed by atoms with van der Waals surface area (Å²) >= 11 is 0. The highest BCUT2D eigenvalue weighted by Gasteiger charge is 2.21. The molecule has 1 amide bonds. The van der Waals surface area contributed by atoms with E-state index in [9.17, 15) is 4.79 Å². The fourth-order valence-electron chi connectivity index (χ4n) is 3.69. The van der Waals surface area contributed by atoms with Crippen LogP contribution >= 0.6 is 12.4 Å². The number of halogens is 1. The third-order valence-electron chi connectivity index (χ3n) is 5.15. The first-order chi connectivity index (χ1) is 12.2. The van der Waals surface area contributed by atoms with E-state index in [0.717, 1.165) is 50.6 Å². The predicted molar refractivity (Wildman–Crippen MR) is 104 cm³/mol. The number of hydrogen-bond donors (Lipinski definition) is 2. The van der Waals surface area contributed by atoms with Crippen LogP contribution < -0.4 is 20.1 Å². The maximum atomic E-state index is 12.3. The Morgan fingerprint density at radius 1 is 1.27 bits per heavy atom. The molecule has 0 spiro atoms. The molecule has 0 radical (unpaired) electrons. The third-order valence-corrected chi connectivity index (χ3v) is 5.15. The Morgan fingerprint density at radius 3 is 2.65 bits per heavy atom. The van der Waals surface area contributed by atoms with Crippen molar-refractivity contribution in [3.05, 3.63) is 23.3 Å². The summed E-state index contributed by atoms with van der Waals surface area (Å²) in [5, 5.41) is 6.49. The Kier molecular flexibility index (Phi) is 8.00. The minimum Gasteiger partial charge on any atom is -0.493 e. The monoisotopic (exact) mass is 383 g/mol. The van der Waals surface area contributed by atoms with Crippen molar-refractivity contribution in [2.24, 2.45) is 5.92 Å². The molecule has 1 fully saturated rings. The van der Waals surface area contributed by atoms with Crippen molar-refractivity contribution in [1.29, 1.82) is 0 Å². The number of hydrogen-bond acceptors (Lipinski definition) is 5. The number of nitrogens with one attached hydrogen (secondary N) is 2. The molecule has 3 rings (SSSR count). The van der Waals surface area contributed by atoms with Gasteiger partial charge in [0.25, 0.3) is 0 Å². The smallest absolute Gasteiger partial charge is 0.234 e. The molecule has 26 heavy (non-hydrogen) atoms. The van der Waals surface area contributed by atoms with Crippen molar-refractivity contribution < 1.29 is 14.3 Å². The van der Waals surface area contributed by atoms with E-state index in [-0.39, 0.29) is 18.3 Å². The standard InChI is InChI=1S/C19H29N3O3.ClH/c1-24-17-8-15-5-7-22(12-16(15)9-18(17)25-2)13-19(23)21-11-14-4-3-6-20-10-14;/h8-9,14,20H,3-7,10-13H2,1-2H3,(H,21,23);1H. The summed E-state index contributed by atoms with van der Waals surface area (Å²) in [5.74, 6) is 2.21. The first-order valence-corrected chi connectivity index (χ1v) is 9.13. The zero-order valence-electron chi connectivity index (χ0n) is 15.7. The molecule has 1 atom stereocenters. The molecule has 6 nitrogen and oxygen atoms in total. The van der Waals surface area contributed by atoms with Gasteiger partial charge in [-0.15, -0.1) is 12.4 Å². The molecule has 2 aliphatic heterocycles. The molecule has 1 aromatic rings. The van der Waals surface area contributed by atoms with Crippen molar-refractivity contribution in [3.63, 3.8) is 0 Å². The summed E-state index contributed by atoms with van der Waals surface area (Å²) in [6.45, 7) is 5.01. The fraction of sp³-hybridized carbons (Fsp3) is 0.632. The molecule has 1 aromatic carbocycles. The van der Waals surface area contributed by atoms with Crippen LogP contribution in [0, 0.1) is 5.92 Å². The van der Waals surface area contributed by atoms with Crippen LogP contribution in [0.4, 0.5) is 0 Å². The van der Waals surface area contributed by atoms with E-state index in [4.69, 9.17) is 9.47 Å². The van der Waals surface area contributed by atoms with Gasteiger partial charge in [-0.25, -0.2) is 0 Å². The van der Waals surface area contributed by atoms with Gasteiger partial charge in [0.2, 0.25) is 5.91 Å². The number of fused-ring (bicyclic) bond motifs is 1. The SMILES string of the molecule is COc1cc2c(cc1OC)CN(CC(=O)NCC1CCCNC1)CC2.Cl. The fourth-order valence-corrected chi connectivity index (χ4v) is 3.69. The molecule has 7 heteroatoms. The lowest BCUT2D eigenvalue weighted by atomic mass is 9.98. The van der Waals surface area contributed by atoms with E-state index in [0.29, 0.717) is 12.5 Å². The van der Waals surface area contributed by atoms with Crippen LogP contribution in [0.15, 0.2) is 12.1 Å². The van der Waals surface area contributed by atoms with Gasteiger partial charge in [0, 0.05) is 19.6 Å². The van der Waals surface area contributed by atoms with Crippen LogP contribution in [0.5, 0.6) is 11.5 Å². The maximum absolute atomic E-state index is 12.3. The topological polar surface area (TPSA) is 62.8 Å². The minimum atomic E-state index is 0. The molecule has 1 unspecified atom stereocenters. The third kappa shape index (κ3) is 5.25. The van der Waals surface area contributed by atoms with Crippen LogP contribution in [-0.4, -0.2) is 57.8 Å². The molecule has 2 N–H and O–H groups in total. The molecule has 0 aliphatic carbocycles. The Labute approximate surface area is 162 Å². The first-order valence-electron chi connectivity index (χ1n) is 9.13. The number of nitrogens with zero attached hydrogens (tertiary/aromatic N) is 1. The molecule has 0 aromatic heterocycles. The van der Waals surface area contributed by atoms with Gasteiger partial charge in [0.15, 0.2) is 11.5 Å². The average Bonchev–Trinajstić information content (AvgIpc) is 2.66. The summed E-state index contributed by atoms with van der Waals surface area (Å²) in [7, 11) is 3.31. The van der Waals surface area contributed by atoms with E-state index in [1.807, 2.05) is 6.07 Å². The van der Waals surface area contributed by atoms with E-state index in [1.165, 1.54) is 24.0 Å². The molecule has 2 aliphatic rings. The Morgan fingerprint density at radius 2 is 2.00 bits per heavy atom. The number of piperidine rings is 1. The highest BCUT2D eigenvalue weighted by molar-refractivity contribution is 5.85. The second-order valence-corrected chi connectivity index (χ2v) is 6.95. The van der Waals surface area contributed by atoms with Gasteiger partial charge in [-0.05, 0) is 61.5 Å². The first kappa shape index (κ1) is 20.8. The maximum Gasteiger partial charge on any atom is 0.234 e. The van der Waals surface area contributed by atoms with Gasteiger partial charge in [-0.3, -0.25) is 9.69 Å². The van der Waals surface area contributed by atoms with Gasteiger partial charge in [-0.1, -0.05) is 0 Å². The van der Waals surface area contributed by atoms with Gasteiger partial charge in [0.05, 0.1) is 20.8 Å². The number of ether oxygens (including phenoxy) is 2. The average molecular weight is 384 g/mol. The summed E-state index contributed by atoms with van der Waals surface area (Å²) in [5.41, 5.74) is 2.50. The summed E-state index contributed by atoms with van der Waals surface area (Å²) in [6.07, 6.45) is 3.33. The van der Waals surface area contributed by atoms with Crippen LogP contribution in [0.1, 0.15) is 24.0 Å².